The van der Waals surface area contributed by atoms with E-state index < -0.39 is 32.5 Å². The summed E-state index contributed by atoms with van der Waals surface area (Å²) in [6.07, 6.45) is -2.80. The van der Waals surface area contributed by atoms with E-state index in [0.29, 0.717) is 22.9 Å². The summed E-state index contributed by atoms with van der Waals surface area (Å²) in [5.74, 6) is 0.131. The van der Waals surface area contributed by atoms with Crippen molar-refractivity contribution in [1.29, 1.82) is 0 Å². The van der Waals surface area contributed by atoms with E-state index in [2.05, 4.69) is 0 Å². The van der Waals surface area contributed by atoms with Crippen LogP contribution in [0, 0.1) is 5.82 Å². The van der Waals surface area contributed by atoms with E-state index in [0.717, 1.165) is 35.3 Å². The lowest BCUT2D eigenvalue weighted by atomic mass is 10.0. The maximum absolute atomic E-state index is 14.2. The van der Waals surface area contributed by atoms with Crippen LogP contribution in [0.2, 0.25) is 0 Å². The van der Waals surface area contributed by atoms with E-state index in [1.165, 1.54) is 18.2 Å². The first-order valence-corrected chi connectivity index (χ1v) is 12.0. The third kappa shape index (κ3) is 4.42. The van der Waals surface area contributed by atoms with Gasteiger partial charge in [0.15, 0.2) is 0 Å². The first kappa shape index (κ1) is 22.5. The fourth-order valence-corrected chi connectivity index (χ4v) is 5.26. The predicted molar refractivity (Wildman–Crippen MR) is 117 cm³/mol. The topological polar surface area (TPSA) is 55.8 Å². The average molecular weight is 493 g/mol. The molecule has 0 amide bonds. The molecule has 10 heteroatoms. The minimum Gasteiger partial charge on any atom is -0.490 e. The van der Waals surface area contributed by atoms with Crippen molar-refractivity contribution in [3.63, 3.8) is 0 Å². The highest BCUT2D eigenvalue weighted by Crippen LogP contribution is 2.40. The van der Waals surface area contributed by atoms with Gasteiger partial charge in [-0.2, -0.15) is 13.2 Å². The number of fused-ring (bicyclic) bond motifs is 1. The summed E-state index contributed by atoms with van der Waals surface area (Å²) < 4.78 is 92.7. The van der Waals surface area contributed by atoms with E-state index in [1.807, 2.05) is 0 Å². The van der Waals surface area contributed by atoms with Crippen molar-refractivity contribution < 1.29 is 35.5 Å². The summed E-state index contributed by atoms with van der Waals surface area (Å²) in [5, 5.41) is 0. The van der Waals surface area contributed by atoms with Crippen LogP contribution in [0.15, 0.2) is 65.6 Å². The van der Waals surface area contributed by atoms with Gasteiger partial charge in [-0.05, 0) is 66.4 Å². The van der Waals surface area contributed by atoms with Crippen LogP contribution >= 0.6 is 0 Å². The van der Waals surface area contributed by atoms with Crippen molar-refractivity contribution in [2.24, 2.45) is 0 Å². The van der Waals surface area contributed by atoms with Crippen LogP contribution in [-0.2, 0) is 16.2 Å². The molecule has 1 fully saturated rings. The quantitative estimate of drug-likeness (QED) is 0.432. The van der Waals surface area contributed by atoms with Crippen LogP contribution in [0.5, 0.6) is 11.5 Å². The standard InChI is InChI=1S/C24H19F4NO4S/c25-18-10-16(11-20(14-18)33-19-5-6-19)15-4-7-23-22(12-15)29(8-9-32-23)34(30,31)21-3-1-2-17(13-21)24(26,27)28/h1-4,7,10-14,19H,5-6,8-9H2. The number of alkyl halides is 3. The van der Waals surface area contributed by atoms with Gasteiger partial charge in [0.25, 0.3) is 10.0 Å². The molecule has 0 atom stereocenters. The lowest BCUT2D eigenvalue weighted by Crippen LogP contribution is -2.38. The SMILES string of the molecule is O=S(=O)(c1cccc(C(F)(F)F)c1)N1CCOc2ccc(-c3cc(F)cc(OC4CC4)c3)cc21. The molecule has 1 aliphatic carbocycles. The fraction of sp³-hybridized carbons (Fsp3) is 0.250. The zero-order chi connectivity index (χ0) is 24.1. The Balaban J connectivity index is 1.54. The first-order valence-electron chi connectivity index (χ1n) is 10.6. The van der Waals surface area contributed by atoms with Gasteiger partial charge in [-0.15, -0.1) is 0 Å². The van der Waals surface area contributed by atoms with Crippen LogP contribution in [0.25, 0.3) is 11.1 Å². The molecule has 34 heavy (non-hydrogen) atoms. The molecule has 0 unspecified atom stereocenters. The zero-order valence-corrected chi connectivity index (χ0v) is 18.5. The molecule has 0 radical (unpaired) electrons. The molecule has 3 aromatic carbocycles. The number of nitrogens with zero attached hydrogens (tertiary/aromatic N) is 1. The second-order valence-corrected chi connectivity index (χ2v) is 9.99. The molecule has 0 spiro atoms. The zero-order valence-electron chi connectivity index (χ0n) is 17.7. The Kier molecular flexibility index (Phi) is 5.43. The number of ether oxygens (including phenoxy) is 2. The number of sulfonamides is 1. The summed E-state index contributed by atoms with van der Waals surface area (Å²) in [4.78, 5) is -0.480. The monoisotopic (exact) mass is 493 g/mol. The third-order valence-corrected chi connectivity index (χ3v) is 7.37. The van der Waals surface area contributed by atoms with E-state index in [9.17, 15) is 26.0 Å². The third-order valence-electron chi connectivity index (χ3n) is 5.56. The van der Waals surface area contributed by atoms with Gasteiger partial charge in [-0.25, -0.2) is 12.8 Å². The maximum Gasteiger partial charge on any atom is 0.416 e. The highest BCUT2D eigenvalue weighted by molar-refractivity contribution is 7.92. The Bertz CT molecular complexity index is 1350. The second-order valence-electron chi connectivity index (χ2n) is 8.13. The van der Waals surface area contributed by atoms with Crippen LogP contribution in [0.4, 0.5) is 23.2 Å². The Labute approximate surface area is 193 Å². The molecule has 5 rings (SSSR count). The summed E-state index contributed by atoms with van der Waals surface area (Å²) >= 11 is 0. The largest absolute Gasteiger partial charge is 0.490 e. The van der Waals surface area contributed by atoms with Crippen LogP contribution < -0.4 is 13.8 Å². The predicted octanol–water partition coefficient (Wildman–Crippen LogP) is 5.64. The van der Waals surface area contributed by atoms with Crippen molar-refractivity contribution in [2.75, 3.05) is 17.5 Å². The van der Waals surface area contributed by atoms with Crippen molar-refractivity contribution in [3.05, 3.63) is 72.0 Å². The second kappa shape index (κ2) is 8.19. The van der Waals surface area contributed by atoms with Crippen molar-refractivity contribution in [2.45, 2.75) is 30.0 Å². The van der Waals surface area contributed by atoms with Crippen LogP contribution in [-0.4, -0.2) is 27.7 Å². The van der Waals surface area contributed by atoms with Crippen molar-refractivity contribution in [3.8, 4) is 22.6 Å². The van der Waals surface area contributed by atoms with Gasteiger partial charge in [0.1, 0.15) is 23.9 Å². The molecule has 1 aliphatic heterocycles. The van der Waals surface area contributed by atoms with Crippen molar-refractivity contribution >= 4 is 15.7 Å². The molecular weight excluding hydrogens is 474 g/mol. The Morgan fingerprint density at radius 2 is 1.76 bits per heavy atom. The highest BCUT2D eigenvalue weighted by atomic mass is 32.2. The smallest absolute Gasteiger partial charge is 0.416 e. The fourth-order valence-electron chi connectivity index (χ4n) is 3.76. The number of benzene rings is 3. The van der Waals surface area contributed by atoms with E-state index in [-0.39, 0.29) is 30.7 Å². The summed E-state index contributed by atoms with van der Waals surface area (Å²) in [5.41, 5.74) is 0.0860. The minimum atomic E-state index is -4.68. The summed E-state index contributed by atoms with van der Waals surface area (Å²) in [6, 6.07) is 12.6. The van der Waals surface area contributed by atoms with E-state index >= 15 is 0 Å². The first-order chi connectivity index (χ1) is 16.1. The normalized spacial score (nSPS) is 16.1. The van der Waals surface area contributed by atoms with E-state index in [4.69, 9.17) is 9.47 Å². The van der Waals surface area contributed by atoms with Crippen molar-refractivity contribution in [1.82, 2.24) is 0 Å². The molecule has 3 aromatic rings. The molecule has 1 saturated carbocycles. The van der Waals surface area contributed by atoms with Gasteiger partial charge in [0.2, 0.25) is 0 Å². The number of rotatable bonds is 5. The molecule has 0 N–H and O–H groups in total. The molecule has 0 aromatic heterocycles. The van der Waals surface area contributed by atoms with Gasteiger partial charge in [-0.3, -0.25) is 4.31 Å². The van der Waals surface area contributed by atoms with Gasteiger partial charge in [-0.1, -0.05) is 12.1 Å². The van der Waals surface area contributed by atoms with Crippen LogP contribution in [0.1, 0.15) is 18.4 Å². The number of hydrogen-bond acceptors (Lipinski definition) is 4. The lowest BCUT2D eigenvalue weighted by molar-refractivity contribution is -0.137. The molecule has 178 valence electrons. The molecule has 2 aliphatic rings. The number of halogens is 4. The molecular formula is C24H19F4NO4S. The Morgan fingerprint density at radius 3 is 2.50 bits per heavy atom. The number of anilines is 1. The summed E-state index contributed by atoms with van der Waals surface area (Å²) in [6.45, 7) is -0.0574. The summed E-state index contributed by atoms with van der Waals surface area (Å²) in [7, 11) is -4.33. The lowest BCUT2D eigenvalue weighted by Gasteiger charge is -2.31. The van der Waals surface area contributed by atoms with Gasteiger partial charge in [0, 0.05) is 6.07 Å². The van der Waals surface area contributed by atoms with E-state index in [1.54, 1.807) is 18.2 Å². The molecule has 5 nitrogen and oxygen atoms in total. The van der Waals surface area contributed by atoms with Gasteiger partial charge >= 0.3 is 6.18 Å². The Hall–Kier alpha value is -3.27. The minimum absolute atomic E-state index is 0.0316. The Morgan fingerprint density at radius 1 is 0.971 bits per heavy atom. The molecule has 1 heterocycles. The molecule has 0 saturated heterocycles. The van der Waals surface area contributed by atoms with Gasteiger partial charge < -0.3 is 9.47 Å². The average Bonchev–Trinajstić information content (AvgIpc) is 3.61. The van der Waals surface area contributed by atoms with Crippen LogP contribution in [0.3, 0.4) is 0 Å². The van der Waals surface area contributed by atoms with Gasteiger partial charge in [0.05, 0.1) is 28.8 Å². The highest BCUT2D eigenvalue weighted by Gasteiger charge is 2.35. The number of hydrogen-bond donors (Lipinski definition) is 0. The maximum atomic E-state index is 14.2. The molecule has 0 bridgehead atoms.